The summed E-state index contributed by atoms with van der Waals surface area (Å²) < 4.78 is 48.6. The Morgan fingerprint density at radius 1 is 0.933 bits per heavy atom. The highest BCUT2D eigenvalue weighted by Gasteiger charge is 2.55. The molecule has 0 aromatic carbocycles. The molecule has 0 aromatic heterocycles. The van der Waals surface area contributed by atoms with E-state index < -0.39 is 18.2 Å². The molecule has 0 spiro atoms. The molecule has 2 nitrogen and oxygen atoms in total. The minimum Gasteiger partial charge on any atom is -0.393 e. The normalized spacial score (nSPS) is 42.6. The summed E-state index contributed by atoms with van der Waals surface area (Å²) in [6, 6.07) is 0. The Morgan fingerprint density at radius 2 is 1.69 bits per heavy atom. The topological polar surface area (TPSA) is 29.5 Å². The second kappa shape index (κ2) is 15.3. The number of ether oxygens (including phenoxy) is 1. The summed E-state index contributed by atoms with van der Waals surface area (Å²) in [4.78, 5) is 0. The van der Waals surface area contributed by atoms with Crippen molar-refractivity contribution in [2.24, 2.45) is 70.5 Å². The van der Waals surface area contributed by atoms with E-state index in [2.05, 4.69) is 33.8 Å². The third kappa shape index (κ3) is 8.37. The number of rotatable bonds is 10. The van der Waals surface area contributed by atoms with E-state index in [1.807, 2.05) is 0 Å². The maximum atomic E-state index is 14.4. The molecule has 1 N–H and O–H groups in total. The second-order valence-corrected chi connectivity index (χ2v) is 17.5. The van der Waals surface area contributed by atoms with Crippen LogP contribution in [0.2, 0.25) is 0 Å². The molecule has 45 heavy (non-hydrogen) atoms. The van der Waals surface area contributed by atoms with Gasteiger partial charge in [0.2, 0.25) is 0 Å². The van der Waals surface area contributed by atoms with Gasteiger partial charge in [-0.3, -0.25) is 0 Å². The van der Waals surface area contributed by atoms with E-state index in [4.69, 9.17) is 4.74 Å². The fraction of sp³-hybridized carbons (Fsp3) is 0.950. The van der Waals surface area contributed by atoms with Crippen LogP contribution in [0.15, 0.2) is 11.6 Å². The summed E-state index contributed by atoms with van der Waals surface area (Å²) >= 11 is 0. The van der Waals surface area contributed by atoms with E-state index in [1.165, 1.54) is 37.7 Å². The summed E-state index contributed by atoms with van der Waals surface area (Å²) in [5.74, 6) is 3.74. The molecule has 5 aliphatic rings. The largest absolute Gasteiger partial charge is 0.393 e. The quantitative estimate of drug-likeness (QED) is 0.242. The fourth-order valence-corrected chi connectivity index (χ4v) is 12.0. The van der Waals surface area contributed by atoms with Gasteiger partial charge in [0.1, 0.15) is 0 Å². The van der Waals surface area contributed by atoms with E-state index in [0.29, 0.717) is 48.3 Å². The lowest BCUT2D eigenvalue weighted by Gasteiger charge is -2.49. The molecule has 260 valence electrons. The number of fused-ring (bicyclic) bond motifs is 1. The Hall–Kier alpha value is -0.550. The van der Waals surface area contributed by atoms with Gasteiger partial charge >= 0.3 is 6.18 Å². The van der Waals surface area contributed by atoms with E-state index in [9.17, 15) is 18.3 Å². The van der Waals surface area contributed by atoms with E-state index >= 15 is 0 Å². The number of methoxy groups -OCH3 is 1. The molecule has 0 radical (unpaired) electrons. The molecule has 5 rings (SSSR count). The van der Waals surface area contributed by atoms with Gasteiger partial charge in [0.15, 0.2) is 0 Å². The molecular formula is C40H67F3O2. The molecule has 0 bridgehead atoms. The summed E-state index contributed by atoms with van der Waals surface area (Å²) in [6.07, 6.45) is 16.0. The van der Waals surface area contributed by atoms with Crippen LogP contribution >= 0.6 is 0 Å². The first-order chi connectivity index (χ1) is 21.4. The van der Waals surface area contributed by atoms with E-state index in [0.717, 1.165) is 82.1 Å². The third-order valence-electron chi connectivity index (χ3n) is 14.8. The zero-order valence-corrected chi connectivity index (χ0v) is 29.4. The number of aliphatic hydroxyl groups excluding tert-OH is 1. The number of halogens is 3. The Balaban J connectivity index is 1.14. The molecule has 12 atom stereocenters. The maximum absolute atomic E-state index is 14.4. The van der Waals surface area contributed by atoms with Gasteiger partial charge in [-0.1, -0.05) is 65.0 Å². The Morgan fingerprint density at radius 3 is 2.40 bits per heavy atom. The predicted octanol–water partition coefficient (Wildman–Crippen LogP) is 11.4. The van der Waals surface area contributed by atoms with Crippen LogP contribution in [-0.4, -0.2) is 31.1 Å². The molecule has 5 heteroatoms. The average molecular weight is 637 g/mol. The smallest absolute Gasteiger partial charge is 0.392 e. The molecular weight excluding hydrogens is 569 g/mol. The molecule has 0 aromatic rings. The number of aliphatic hydroxyl groups is 1. The van der Waals surface area contributed by atoms with Gasteiger partial charge in [0.05, 0.1) is 12.0 Å². The lowest BCUT2D eigenvalue weighted by Crippen LogP contribution is -2.43. The number of hydrogen-bond acceptors (Lipinski definition) is 2. The summed E-state index contributed by atoms with van der Waals surface area (Å²) in [6.45, 7) is 10.6. The summed E-state index contributed by atoms with van der Waals surface area (Å²) in [5, 5.41) is 11.6. The molecule has 5 fully saturated rings. The SMILES string of the molecule is COCCC(C)C1CCC(=CCC2CCC(CC(O)C3CCC(C)C(C4C(C)CC5CCCCC54C)C3)CC2C(F)(F)F)CC1. The van der Waals surface area contributed by atoms with Gasteiger partial charge < -0.3 is 9.84 Å². The fourth-order valence-electron chi connectivity index (χ4n) is 12.0. The molecule has 5 aliphatic carbocycles. The molecule has 0 aliphatic heterocycles. The first-order valence-corrected chi connectivity index (χ1v) is 19.3. The first-order valence-electron chi connectivity index (χ1n) is 19.3. The van der Waals surface area contributed by atoms with Gasteiger partial charge in [-0.25, -0.2) is 0 Å². The Kier molecular flexibility index (Phi) is 12.2. The molecule has 0 heterocycles. The highest BCUT2D eigenvalue weighted by Crippen LogP contribution is 2.63. The predicted molar refractivity (Wildman–Crippen MR) is 179 cm³/mol. The standard InChI is InChI=1S/C40H67F3O2/c1-26(19-21-45-5)31-15-10-29(11-16-31)12-17-32-18-13-30(23-36(32)40(41,42)43)24-37(44)33-14-9-27(2)35(25-33)38-28(3)22-34-8-6-7-20-39(34,38)4/h12,26-28,30-38,44H,6-11,13-25H2,1-5H3. The van der Waals surface area contributed by atoms with Crippen molar-refractivity contribution >= 4 is 0 Å². The Labute approximate surface area is 274 Å². The average Bonchev–Trinajstić information content (AvgIpc) is 3.28. The summed E-state index contributed by atoms with van der Waals surface area (Å²) in [5.41, 5.74) is 1.83. The van der Waals surface area contributed by atoms with Crippen molar-refractivity contribution in [3.8, 4) is 0 Å². The van der Waals surface area contributed by atoms with Crippen LogP contribution in [0.1, 0.15) is 143 Å². The van der Waals surface area contributed by atoms with Crippen LogP contribution in [0.3, 0.4) is 0 Å². The highest BCUT2D eigenvalue weighted by molar-refractivity contribution is 5.07. The van der Waals surface area contributed by atoms with Crippen molar-refractivity contribution in [1.29, 1.82) is 0 Å². The summed E-state index contributed by atoms with van der Waals surface area (Å²) in [7, 11) is 1.76. The van der Waals surface area contributed by atoms with Gasteiger partial charge in [0.25, 0.3) is 0 Å². The van der Waals surface area contributed by atoms with Crippen LogP contribution in [-0.2, 0) is 4.74 Å². The van der Waals surface area contributed by atoms with Crippen LogP contribution < -0.4 is 0 Å². The van der Waals surface area contributed by atoms with Gasteiger partial charge in [-0.05, 0) is 154 Å². The van der Waals surface area contributed by atoms with Crippen LogP contribution in [0.25, 0.3) is 0 Å². The van der Waals surface area contributed by atoms with Crippen molar-refractivity contribution in [2.45, 2.75) is 156 Å². The number of hydrogen-bond donors (Lipinski definition) is 1. The molecule has 0 amide bonds. The first kappa shape index (κ1) is 35.7. The molecule has 0 saturated heterocycles. The molecule has 12 unspecified atom stereocenters. The third-order valence-corrected chi connectivity index (χ3v) is 14.8. The minimum atomic E-state index is -4.16. The molecule has 5 saturated carbocycles. The lowest BCUT2D eigenvalue weighted by molar-refractivity contribution is -0.201. The number of alkyl halides is 3. The van der Waals surface area contributed by atoms with Crippen molar-refractivity contribution in [3.63, 3.8) is 0 Å². The Bertz CT molecular complexity index is 952. The maximum Gasteiger partial charge on any atom is 0.392 e. The van der Waals surface area contributed by atoms with Gasteiger partial charge in [-0.15, -0.1) is 0 Å². The monoisotopic (exact) mass is 637 g/mol. The lowest BCUT2D eigenvalue weighted by atomic mass is 9.56. The van der Waals surface area contributed by atoms with Gasteiger partial charge in [-0.2, -0.15) is 13.2 Å². The van der Waals surface area contributed by atoms with E-state index in [-0.39, 0.29) is 24.2 Å². The van der Waals surface area contributed by atoms with Gasteiger partial charge in [0, 0.05) is 13.7 Å². The van der Waals surface area contributed by atoms with Crippen molar-refractivity contribution in [3.05, 3.63) is 11.6 Å². The minimum absolute atomic E-state index is 0.0111. The van der Waals surface area contributed by atoms with Crippen molar-refractivity contribution < 1.29 is 23.0 Å². The van der Waals surface area contributed by atoms with Crippen LogP contribution in [0.5, 0.6) is 0 Å². The zero-order chi connectivity index (χ0) is 32.4. The van der Waals surface area contributed by atoms with Crippen molar-refractivity contribution in [1.82, 2.24) is 0 Å². The van der Waals surface area contributed by atoms with E-state index in [1.54, 1.807) is 7.11 Å². The second-order valence-electron chi connectivity index (χ2n) is 17.5. The van der Waals surface area contributed by atoms with Crippen LogP contribution in [0, 0.1) is 70.5 Å². The van der Waals surface area contributed by atoms with Crippen molar-refractivity contribution in [2.75, 3.05) is 13.7 Å². The van der Waals surface area contributed by atoms with Crippen LogP contribution in [0.4, 0.5) is 13.2 Å². The highest BCUT2D eigenvalue weighted by atomic mass is 19.4. The number of allylic oxidation sites excluding steroid dienone is 2. The zero-order valence-electron chi connectivity index (χ0n) is 29.4.